The number of hydrogen-bond donors (Lipinski definition) is 2. The second kappa shape index (κ2) is 7.52. The summed E-state index contributed by atoms with van der Waals surface area (Å²) in [5.74, 6) is 1.56. The van der Waals surface area contributed by atoms with Crippen molar-refractivity contribution < 1.29 is 5.11 Å². The van der Waals surface area contributed by atoms with Gasteiger partial charge >= 0.3 is 0 Å². The van der Waals surface area contributed by atoms with Crippen LogP contribution >= 0.6 is 11.8 Å². The summed E-state index contributed by atoms with van der Waals surface area (Å²) in [4.78, 5) is 5.34. The first-order valence-electron chi connectivity index (χ1n) is 5.65. The van der Waals surface area contributed by atoms with Crippen LogP contribution in [0.2, 0.25) is 0 Å². The van der Waals surface area contributed by atoms with E-state index in [0.29, 0.717) is 5.92 Å². The molecule has 0 aliphatic rings. The third-order valence-electron chi connectivity index (χ3n) is 2.04. The lowest BCUT2D eigenvalue weighted by molar-refractivity contribution is 0.296. The molecule has 2 N–H and O–H groups in total. The molecule has 4 heteroatoms. The Hall–Kier alpha value is -0.740. The van der Waals surface area contributed by atoms with Gasteiger partial charge in [0.25, 0.3) is 0 Å². The van der Waals surface area contributed by atoms with Crippen molar-refractivity contribution in [1.29, 1.82) is 0 Å². The largest absolute Gasteiger partial charge is 0.396 e. The molecule has 0 spiro atoms. The predicted octanol–water partition coefficient (Wildman–Crippen LogP) is 2.62. The summed E-state index contributed by atoms with van der Waals surface area (Å²) in [5, 5.41) is 12.1. The second-order valence-electron chi connectivity index (χ2n) is 4.07. The van der Waals surface area contributed by atoms with Crippen molar-refractivity contribution >= 4 is 17.4 Å². The van der Waals surface area contributed by atoms with Crippen molar-refractivity contribution in [3.8, 4) is 0 Å². The Morgan fingerprint density at radius 2 is 2.31 bits per heavy atom. The van der Waals surface area contributed by atoms with E-state index >= 15 is 0 Å². The molecule has 0 atom stereocenters. The van der Waals surface area contributed by atoms with E-state index in [4.69, 9.17) is 5.11 Å². The zero-order chi connectivity index (χ0) is 11.8. The third-order valence-corrected chi connectivity index (χ3v) is 3.20. The number of aliphatic hydroxyl groups is 1. The maximum absolute atomic E-state index is 8.75. The SMILES string of the molecule is CC(C)CNc1cnccc1SCCCO. The molecular weight excluding hydrogens is 220 g/mol. The second-order valence-corrected chi connectivity index (χ2v) is 5.21. The molecule has 0 unspecified atom stereocenters. The Bertz CT molecular complexity index is 305. The average molecular weight is 240 g/mol. The maximum Gasteiger partial charge on any atom is 0.0664 e. The first kappa shape index (κ1) is 13.3. The zero-order valence-electron chi connectivity index (χ0n) is 9.94. The van der Waals surface area contributed by atoms with E-state index in [2.05, 4.69) is 24.1 Å². The van der Waals surface area contributed by atoms with Crippen molar-refractivity contribution in [3.63, 3.8) is 0 Å². The maximum atomic E-state index is 8.75. The summed E-state index contributed by atoms with van der Waals surface area (Å²) < 4.78 is 0. The standard InChI is InChI=1S/C12H20N2OS/c1-10(2)8-14-11-9-13-5-4-12(11)16-7-3-6-15/h4-5,9-10,14-15H,3,6-8H2,1-2H3. The van der Waals surface area contributed by atoms with Gasteiger partial charge < -0.3 is 10.4 Å². The number of thioether (sulfide) groups is 1. The first-order chi connectivity index (χ1) is 7.74. The minimum Gasteiger partial charge on any atom is -0.396 e. The van der Waals surface area contributed by atoms with Gasteiger partial charge in [0.2, 0.25) is 0 Å². The molecule has 0 radical (unpaired) electrons. The van der Waals surface area contributed by atoms with Crippen molar-refractivity contribution in [2.75, 3.05) is 24.2 Å². The molecule has 0 amide bonds. The summed E-state index contributed by atoms with van der Waals surface area (Å²) in [6.07, 6.45) is 4.50. The topological polar surface area (TPSA) is 45.2 Å². The Morgan fingerprint density at radius 1 is 1.50 bits per heavy atom. The van der Waals surface area contributed by atoms with Crippen LogP contribution in [0.15, 0.2) is 23.4 Å². The number of hydrogen-bond acceptors (Lipinski definition) is 4. The molecule has 1 rings (SSSR count). The smallest absolute Gasteiger partial charge is 0.0664 e. The molecule has 0 aliphatic heterocycles. The fourth-order valence-corrected chi connectivity index (χ4v) is 2.13. The van der Waals surface area contributed by atoms with Crippen molar-refractivity contribution in [2.45, 2.75) is 25.2 Å². The quantitative estimate of drug-likeness (QED) is 0.568. The van der Waals surface area contributed by atoms with Crippen LogP contribution in [-0.4, -0.2) is 29.0 Å². The van der Waals surface area contributed by atoms with Gasteiger partial charge in [0, 0.05) is 30.0 Å². The van der Waals surface area contributed by atoms with Crippen molar-refractivity contribution in [1.82, 2.24) is 4.98 Å². The van der Waals surface area contributed by atoms with Crippen LogP contribution in [0, 0.1) is 5.92 Å². The number of nitrogens with one attached hydrogen (secondary N) is 1. The van der Waals surface area contributed by atoms with E-state index in [1.165, 1.54) is 4.90 Å². The normalized spacial score (nSPS) is 10.8. The molecule has 0 bridgehead atoms. The van der Waals surface area contributed by atoms with E-state index in [0.717, 1.165) is 24.4 Å². The lowest BCUT2D eigenvalue weighted by Gasteiger charge is -2.12. The summed E-state index contributed by atoms with van der Waals surface area (Å²) in [5.41, 5.74) is 1.10. The van der Waals surface area contributed by atoms with Crippen LogP contribution in [0.3, 0.4) is 0 Å². The molecule has 90 valence electrons. The monoisotopic (exact) mass is 240 g/mol. The molecule has 1 aromatic rings. The molecule has 1 aromatic heterocycles. The molecule has 0 aliphatic carbocycles. The van der Waals surface area contributed by atoms with Crippen LogP contribution in [0.1, 0.15) is 20.3 Å². The molecule has 16 heavy (non-hydrogen) atoms. The average Bonchev–Trinajstić information content (AvgIpc) is 2.28. The van der Waals surface area contributed by atoms with Gasteiger partial charge in [0.05, 0.1) is 11.9 Å². The summed E-state index contributed by atoms with van der Waals surface area (Å²) in [7, 11) is 0. The fraction of sp³-hybridized carbons (Fsp3) is 0.583. The van der Waals surface area contributed by atoms with Gasteiger partial charge in [0.15, 0.2) is 0 Å². The van der Waals surface area contributed by atoms with Crippen LogP contribution in [0.5, 0.6) is 0 Å². The highest BCUT2D eigenvalue weighted by atomic mass is 32.2. The van der Waals surface area contributed by atoms with Gasteiger partial charge in [0.1, 0.15) is 0 Å². The van der Waals surface area contributed by atoms with Crippen LogP contribution < -0.4 is 5.32 Å². The molecule has 0 fully saturated rings. The molecule has 0 saturated carbocycles. The van der Waals surface area contributed by atoms with Gasteiger partial charge in [-0.15, -0.1) is 11.8 Å². The predicted molar refractivity (Wildman–Crippen MR) is 70.0 cm³/mol. The Balaban J connectivity index is 2.53. The van der Waals surface area contributed by atoms with E-state index in [9.17, 15) is 0 Å². The van der Waals surface area contributed by atoms with Gasteiger partial charge in [-0.2, -0.15) is 0 Å². The van der Waals surface area contributed by atoms with Crippen molar-refractivity contribution in [2.24, 2.45) is 5.92 Å². The van der Waals surface area contributed by atoms with Crippen molar-refractivity contribution in [3.05, 3.63) is 18.5 Å². The Kier molecular flexibility index (Phi) is 6.26. The summed E-state index contributed by atoms with van der Waals surface area (Å²) in [6.45, 7) is 5.58. The molecule has 0 saturated heterocycles. The summed E-state index contributed by atoms with van der Waals surface area (Å²) >= 11 is 1.76. The fourth-order valence-electron chi connectivity index (χ4n) is 1.20. The van der Waals surface area contributed by atoms with Gasteiger partial charge in [-0.1, -0.05) is 13.8 Å². The number of nitrogens with zero attached hydrogens (tertiary/aromatic N) is 1. The Morgan fingerprint density at radius 3 is 3.00 bits per heavy atom. The molecular formula is C12H20N2OS. The highest BCUT2D eigenvalue weighted by Crippen LogP contribution is 2.26. The lowest BCUT2D eigenvalue weighted by Crippen LogP contribution is -2.08. The van der Waals surface area contributed by atoms with Crippen LogP contribution in [0.4, 0.5) is 5.69 Å². The number of anilines is 1. The van der Waals surface area contributed by atoms with Crippen LogP contribution in [-0.2, 0) is 0 Å². The number of aliphatic hydroxyl groups excluding tert-OH is 1. The highest BCUT2D eigenvalue weighted by molar-refractivity contribution is 7.99. The van der Waals surface area contributed by atoms with E-state index in [1.54, 1.807) is 11.8 Å². The van der Waals surface area contributed by atoms with E-state index < -0.39 is 0 Å². The molecule has 1 heterocycles. The number of rotatable bonds is 7. The minimum atomic E-state index is 0.257. The van der Waals surface area contributed by atoms with Gasteiger partial charge in [-0.25, -0.2) is 0 Å². The zero-order valence-corrected chi connectivity index (χ0v) is 10.8. The van der Waals surface area contributed by atoms with E-state index in [1.807, 2.05) is 18.5 Å². The molecule has 0 aromatic carbocycles. The first-order valence-corrected chi connectivity index (χ1v) is 6.64. The number of aromatic nitrogens is 1. The van der Waals surface area contributed by atoms with Crippen LogP contribution in [0.25, 0.3) is 0 Å². The third kappa shape index (κ3) is 4.86. The summed E-state index contributed by atoms with van der Waals surface area (Å²) in [6, 6.07) is 2.02. The number of pyridine rings is 1. The van der Waals surface area contributed by atoms with Gasteiger partial charge in [-0.3, -0.25) is 4.98 Å². The lowest BCUT2D eigenvalue weighted by atomic mass is 10.2. The molecule has 3 nitrogen and oxygen atoms in total. The van der Waals surface area contributed by atoms with Gasteiger partial charge in [-0.05, 0) is 18.4 Å². The minimum absolute atomic E-state index is 0.257. The highest BCUT2D eigenvalue weighted by Gasteiger charge is 2.03. The Labute approximate surface area is 102 Å². The van der Waals surface area contributed by atoms with E-state index in [-0.39, 0.29) is 6.61 Å².